The van der Waals surface area contributed by atoms with Gasteiger partial charge in [0.25, 0.3) is 0 Å². The summed E-state index contributed by atoms with van der Waals surface area (Å²) in [5.74, 6) is 0.531. The van der Waals surface area contributed by atoms with Crippen LogP contribution in [-0.2, 0) is 11.2 Å². The Balaban J connectivity index is 2.03. The van der Waals surface area contributed by atoms with E-state index in [1.807, 2.05) is 0 Å². The van der Waals surface area contributed by atoms with Gasteiger partial charge in [0.15, 0.2) is 0 Å². The highest BCUT2D eigenvalue weighted by atomic mass is 16.5. The van der Waals surface area contributed by atoms with Gasteiger partial charge in [-0.1, -0.05) is 38.1 Å². The zero-order valence-corrected chi connectivity index (χ0v) is 10.7. The summed E-state index contributed by atoms with van der Waals surface area (Å²) in [6.45, 7) is 5.05. The molecule has 2 unspecified atom stereocenters. The molecule has 1 aromatic rings. The van der Waals surface area contributed by atoms with Crippen molar-refractivity contribution in [2.24, 2.45) is 5.92 Å². The lowest BCUT2D eigenvalue weighted by Gasteiger charge is -2.28. The van der Waals surface area contributed by atoms with Gasteiger partial charge in [-0.15, -0.1) is 0 Å². The number of ether oxygens (including phenoxy) is 1. The summed E-state index contributed by atoms with van der Waals surface area (Å²) < 4.78 is 5.80. The SMILES string of the molecule is CC(C)CC(O)CC1OCCc2ccccc21. The maximum Gasteiger partial charge on any atom is 0.0852 e. The highest BCUT2D eigenvalue weighted by Crippen LogP contribution is 2.31. The van der Waals surface area contributed by atoms with Crippen LogP contribution in [0.4, 0.5) is 0 Å². The van der Waals surface area contributed by atoms with E-state index >= 15 is 0 Å². The molecule has 0 bridgehead atoms. The summed E-state index contributed by atoms with van der Waals surface area (Å²) in [5, 5.41) is 10.0. The molecule has 17 heavy (non-hydrogen) atoms. The summed E-state index contributed by atoms with van der Waals surface area (Å²) in [4.78, 5) is 0. The molecule has 0 spiro atoms. The fourth-order valence-corrected chi connectivity index (χ4v) is 2.56. The Bertz CT molecular complexity index is 360. The summed E-state index contributed by atoms with van der Waals surface area (Å²) in [6.07, 6.45) is 2.38. The summed E-state index contributed by atoms with van der Waals surface area (Å²) >= 11 is 0. The summed E-state index contributed by atoms with van der Waals surface area (Å²) in [7, 11) is 0. The quantitative estimate of drug-likeness (QED) is 0.867. The molecule has 0 radical (unpaired) electrons. The Kier molecular flexibility index (Phi) is 4.19. The van der Waals surface area contributed by atoms with Crippen molar-refractivity contribution in [3.63, 3.8) is 0 Å². The van der Waals surface area contributed by atoms with Gasteiger partial charge >= 0.3 is 0 Å². The third-order valence-electron chi connectivity index (χ3n) is 3.32. The average molecular weight is 234 g/mol. The van der Waals surface area contributed by atoms with Crippen LogP contribution in [0.5, 0.6) is 0 Å². The van der Waals surface area contributed by atoms with Gasteiger partial charge < -0.3 is 9.84 Å². The third kappa shape index (κ3) is 3.30. The van der Waals surface area contributed by atoms with Crippen molar-refractivity contribution in [3.8, 4) is 0 Å². The average Bonchev–Trinajstić information content (AvgIpc) is 2.28. The number of rotatable bonds is 4. The standard InChI is InChI=1S/C15H22O2/c1-11(2)9-13(16)10-15-14-6-4-3-5-12(14)7-8-17-15/h3-6,11,13,15-16H,7-10H2,1-2H3. The molecular weight excluding hydrogens is 212 g/mol. The second-order valence-corrected chi connectivity index (χ2v) is 5.33. The van der Waals surface area contributed by atoms with Gasteiger partial charge in [0, 0.05) is 6.42 Å². The van der Waals surface area contributed by atoms with Crippen LogP contribution in [0, 0.1) is 5.92 Å². The van der Waals surface area contributed by atoms with Crippen LogP contribution in [-0.4, -0.2) is 17.8 Å². The Hall–Kier alpha value is -0.860. The highest BCUT2D eigenvalue weighted by molar-refractivity contribution is 5.30. The van der Waals surface area contributed by atoms with Gasteiger partial charge in [-0.2, -0.15) is 0 Å². The van der Waals surface area contributed by atoms with Gasteiger partial charge in [-0.3, -0.25) is 0 Å². The molecular formula is C15H22O2. The molecule has 0 saturated heterocycles. The Labute approximate surface area is 104 Å². The molecule has 2 heteroatoms. The minimum atomic E-state index is -0.258. The number of aliphatic hydroxyl groups is 1. The molecule has 1 N–H and O–H groups in total. The molecule has 0 amide bonds. The number of hydrogen-bond donors (Lipinski definition) is 1. The van der Waals surface area contributed by atoms with Crippen LogP contribution in [0.25, 0.3) is 0 Å². The Morgan fingerprint density at radius 1 is 1.35 bits per heavy atom. The fraction of sp³-hybridized carbons (Fsp3) is 0.600. The van der Waals surface area contributed by atoms with E-state index in [1.165, 1.54) is 11.1 Å². The first kappa shape index (κ1) is 12.6. The third-order valence-corrected chi connectivity index (χ3v) is 3.32. The van der Waals surface area contributed by atoms with Gasteiger partial charge in [-0.05, 0) is 29.9 Å². The van der Waals surface area contributed by atoms with Crippen LogP contribution in [0.1, 0.15) is 43.9 Å². The number of fused-ring (bicyclic) bond motifs is 1. The van der Waals surface area contributed by atoms with Crippen molar-refractivity contribution in [2.75, 3.05) is 6.61 Å². The van der Waals surface area contributed by atoms with E-state index in [1.54, 1.807) is 0 Å². The molecule has 1 aliphatic rings. The summed E-state index contributed by atoms with van der Waals surface area (Å²) in [5.41, 5.74) is 2.64. The number of aliphatic hydroxyl groups excluding tert-OH is 1. The summed E-state index contributed by atoms with van der Waals surface area (Å²) in [6, 6.07) is 8.42. The molecule has 2 atom stereocenters. The van der Waals surface area contributed by atoms with E-state index in [4.69, 9.17) is 4.74 Å². The predicted molar refractivity (Wildman–Crippen MR) is 68.9 cm³/mol. The molecule has 2 nitrogen and oxygen atoms in total. The molecule has 0 aromatic heterocycles. The number of benzene rings is 1. The van der Waals surface area contributed by atoms with E-state index < -0.39 is 0 Å². The lowest BCUT2D eigenvalue weighted by molar-refractivity contribution is -0.000142. The molecule has 1 heterocycles. The largest absolute Gasteiger partial charge is 0.393 e. The first-order chi connectivity index (χ1) is 8.16. The smallest absolute Gasteiger partial charge is 0.0852 e. The van der Waals surface area contributed by atoms with Crippen LogP contribution in [0.15, 0.2) is 24.3 Å². The van der Waals surface area contributed by atoms with Crippen molar-refractivity contribution in [2.45, 2.75) is 45.3 Å². The maximum atomic E-state index is 10.0. The van der Waals surface area contributed by atoms with Crippen molar-refractivity contribution in [1.82, 2.24) is 0 Å². The topological polar surface area (TPSA) is 29.5 Å². The normalized spacial score (nSPS) is 21.3. The van der Waals surface area contributed by atoms with Gasteiger partial charge in [0.05, 0.1) is 18.8 Å². The first-order valence-corrected chi connectivity index (χ1v) is 6.54. The minimum Gasteiger partial charge on any atom is -0.393 e. The second kappa shape index (κ2) is 5.65. The molecule has 1 aromatic carbocycles. The minimum absolute atomic E-state index is 0.0775. The van der Waals surface area contributed by atoms with Crippen LogP contribution in [0.2, 0.25) is 0 Å². The highest BCUT2D eigenvalue weighted by Gasteiger charge is 2.23. The zero-order chi connectivity index (χ0) is 12.3. The lowest BCUT2D eigenvalue weighted by atomic mass is 9.92. The van der Waals surface area contributed by atoms with E-state index in [9.17, 15) is 5.11 Å². The zero-order valence-electron chi connectivity index (χ0n) is 10.7. The van der Waals surface area contributed by atoms with Crippen molar-refractivity contribution in [1.29, 1.82) is 0 Å². The molecule has 0 fully saturated rings. The van der Waals surface area contributed by atoms with Crippen LogP contribution >= 0.6 is 0 Å². The van der Waals surface area contributed by atoms with Crippen LogP contribution in [0.3, 0.4) is 0 Å². The van der Waals surface area contributed by atoms with Crippen molar-refractivity contribution >= 4 is 0 Å². The number of hydrogen-bond acceptors (Lipinski definition) is 2. The molecule has 0 saturated carbocycles. The maximum absolute atomic E-state index is 10.0. The molecule has 0 aliphatic carbocycles. The molecule has 1 aliphatic heterocycles. The lowest BCUT2D eigenvalue weighted by Crippen LogP contribution is -2.22. The van der Waals surface area contributed by atoms with E-state index in [0.717, 1.165) is 25.9 Å². The van der Waals surface area contributed by atoms with E-state index in [2.05, 4.69) is 38.1 Å². The van der Waals surface area contributed by atoms with Gasteiger partial charge in [0.1, 0.15) is 0 Å². The first-order valence-electron chi connectivity index (χ1n) is 6.54. The second-order valence-electron chi connectivity index (χ2n) is 5.33. The monoisotopic (exact) mass is 234 g/mol. The van der Waals surface area contributed by atoms with Gasteiger partial charge in [-0.25, -0.2) is 0 Å². The van der Waals surface area contributed by atoms with Crippen LogP contribution < -0.4 is 0 Å². The fourth-order valence-electron chi connectivity index (χ4n) is 2.56. The van der Waals surface area contributed by atoms with Crippen molar-refractivity contribution < 1.29 is 9.84 Å². The van der Waals surface area contributed by atoms with Gasteiger partial charge in [0.2, 0.25) is 0 Å². The van der Waals surface area contributed by atoms with Crippen molar-refractivity contribution in [3.05, 3.63) is 35.4 Å². The van der Waals surface area contributed by atoms with E-state index in [0.29, 0.717) is 5.92 Å². The molecule has 94 valence electrons. The Morgan fingerprint density at radius 2 is 2.12 bits per heavy atom. The predicted octanol–water partition coefficient (Wildman–Crippen LogP) is 3.10. The Morgan fingerprint density at radius 3 is 2.88 bits per heavy atom. The molecule has 2 rings (SSSR count). The van der Waals surface area contributed by atoms with E-state index in [-0.39, 0.29) is 12.2 Å².